The SMILES string of the molecule is CCCCC/C=C\CCCCCCCC(=O)OCC(COC(=O)CCCCCCCCCCCCCCC/C=C\C/C=C\CCCCCCC)OC(=O)CCCCCCCCCCCCCCCCCCCCC. The molecule has 0 radical (unpaired) electrons. The maximum atomic E-state index is 12.9. The van der Waals surface area contributed by atoms with Gasteiger partial charge in [-0.2, -0.15) is 0 Å². The Morgan fingerprint density at radius 1 is 0.270 bits per heavy atom. The van der Waals surface area contributed by atoms with Crippen LogP contribution in [-0.4, -0.2) is 37.2 Å². The number of hydrogen-bond donors (Lipinski definition) is 0. The van der Waals surface area contributed by atoms with Gasteiger partial charge >= 0.3 is 17.9 Å². The number of esters is 3. The highest BCUT2D eigenvalue weighted by atomic mass is 16.6. The van der Waals surface area contributed by atoms with Crippen LogP contribution in [0.1, 0.15) is 361 Å². The molecule has 0 aromatic carbocycles. The predicted octanol–water partition coefficient (Wildman–Crippen LogP) is 22.4. The fraction of sp³-hybridized carbons (Fsp3) is 0.868. The molecule has 0 saturated heterocycles. The quantitative estimate of drug-likeness (QED) is 0.0261. The van der Waals surface area contributed by atoms with Crippen molar-refractivity contribution in [3.05, 3.63) is 36.5 Å². The first-order valence-corrected chi connectivity index (χ1v) is 33.0. The third-order valence-electron chi connectivity index (χ3n) is 14.9. The van der Waals surface area contributed by atoms with Crippen molar-refractivity contribution >= 4 is 17.9 Å². The normalized spacial score (nSPS) is 12.2. The van der Waals surface area contributed by atoms with Crippen LogP contribution in [0, 0.1) is 0 Å². The van der Waals surface area contributed by atoms with Gasteiger partial charge in [0.25, 0.3) is 0 Å². The Bertz CT molecular complexity index is 1240. The van der Waals surface area contributed by atoms with Crippen molar-refractivity contribution in [3.8, 4) is 0 Å². The summed E-state index contributed by atoms with van der Waals surface area (Å²) in [4.78, 5) is 38.3. The summed E-state index contributed by atoms with van der Waals surface area (Å²) >= 11 is 0. The predicted molar refractivity (Wildman–Crippen MR) is 321 cm³/mol. The molecule has 0 fully saturated rings. The van der Waals surface area contributed by atoms with Crippen LogP contribution in [0.2, 0.25) is 0 Å². The van der Waals surface area contributed by atoms with Crippen molar-refractivity contribution in [1.82, 2.24) is 0 Å². The summed E-state index contributed by atoms with van der Waals surface area (Å²) < 4.78 is 16.9. The molecule has 1 atom stereocenters. The molecule has 0 aliphatic heterocycles. The third-order valence-corrected chi connectivity index (χ3v) is 14.9. The molecule has 0 heterocycles. The summed E-state index contributed by atoms with van der Waals surface area (Å²) in [6, 6.07) is 0. The molecule has 6 heteroatoms. The molecule has 0 spiro atoms. The molecule has 0 amide bonds. The van der Waals surface area contributed by atoms with Crippen LogP contribution in [0.15, 0.2) is 36.5 Å². The van der Waals surface area contributed by atoms with E-state index in [0.717, 1.165) is 70.6 Å². The molecule has 434 valence electrons. The van der Waals surface area contributed by atoms with E-state index in [1.165, 1.54) is 250 Å². The Kier molecular flexibility index (Phi) is 61.1. The highest BCUT2D eigenvalue weighted by Gasteiger charge is 2.19. The number of carbonyl (C=O) groups is 3. The monoisotopic (exact) mass is 1040 g/mol. The highest BCUT2D eigenvalue weighted by molar-refractivity contribution is 5.71. The summed E-state index contributed by atoms with van der Waals surface area (Å²) in [6.07, 6.45) is 77.3. The first-order chi connectivity index (χ1) is 36.5. The Balaban J connectivity index is 4.23. The van der Waals surface area contributed by atoms with Crippen LogP contribution in [0.4, 0.5) is 0 Å². The van der Waals surface area contributed by atoms with Crippen LogP contribution in [-0.2, 0) is 28.6 Å². The number of allylic oxidation sites excluding steroid dienone is 6. The summed E-state index contributed by atoms with van der Waals surface area (Å²) in [5.74, 6) is -0.856. The lowest BCUT2D eigenvalue weighted by molar-refractivity contribution is -0.167. The highest BCUT2D eigenvalue weighted by Crippen LogP contribution is 2.18. The number of rotatable bonds is 61. The maximum Gasteiger partial charge on any atom is 0.306 e. The lowest BCUT2D eigenvalue weighted by atomic mass is 10.0. The second kappa shape index (κ2) is 63.2. The van der Waals surface area contributed by atoms with Crippen molar-refractivity contribution in [1.29, 1.82) is 0 Å². The van der Waals surface area contributed by atoms with Crippen LogP contribution in [0.3, 0.4) is 0 Å². The van der Waals surface area contributed by atoms with E-state index >= 15 is 0 Å². The standard InChI is InChI=1S/C68H126O6/c1-4-7-10-13-16-19-22-25-27-29-31-32-33-34-35-36-38-39-41-43-46-49-52-55-58-61-67(70)73-64-65(63-72-66(69)60-57-54-51-48-45-24-21-18-15-12-9-6-3)74-68(71)62-59-56-53-50-47-44-42-40-37-30-28-26-23-20-17-14-11-8-5-2/h18,21-22,25,29,31,65H,4-17,19-20,23-24,26-28,30,32-64H2,1-3H3/b21-18-,25-22-,31-29-. The molecule has 0 N–H and O–H groups in total. The van der Waals surface area contributed by atoms with Crippen LogP contribution in [0.25, 0.3) is 0 Å². The smallest absolute Gasteiger partial charge is 0.306 e. The first-order valence-electron chi connectivity index (χ1n) is 33.0. The van der Waals surface area contributed by atoms with Gasteiger partial charge in [0.15, 0.2) is 6.10 Å². The molecule has 0 aromatic heterocycles. The molecule has 0 aromatic rings. The average Bonchev–Trinajstić information content (AvgIpc) is 3.40. The van der Waals surface area contributed by atoms with Gasteiger partial charge in [-0.1, -0.05) is 301 Å². The zero-order chi connectivity index (χ0) is 53.6. The lowest BCUT2D eigenvalue weighted by Crippen LogP contribution is -2.30. The molecule has 6 nitrogen and oxygen atoms in total. The largest absolute Gasteiger partial charge is 0.462 e. The molecular formula is C68H126O6. The van der Waals surface area contributed by atoms with E-state index < -0.39 is 6.10 Å². The minimum absolute atomic E-state index is 0.0705. The Hall–Kier alpha value is -2.37. The minimum atomic E-state index is -0.773. The van der Waals surface area contributed by atoms with Crippen LogP contribution in [0.5, 0.6) is 0 Å². The second-order valence-corrected chi connectivity index (χ2v) is 22.4. The van der Waals surface area contributed by atoms with E-state index in [-0.39, 0.29) is 31.1 Å². The Morgan fingerprint density at radius 2 is 0.486 bits per heavy atom. The van der Waals surface area contributed by atoms with Crippen molar-refractivity contribution in [2.75, 3.05) is 13.2 Å². The van der Waals surface area contributed by atoms with E-state index in [9.17, 15) is 14.4 Å². The van der Waals surface area contributed by atoms with Gasteiger partial charge in [-0.05, 0) is 77.0 Å². The van der Waals surface area contributed by atoms with Crippen LogP contribution >= 0.6 is 0 Å². The molecule has 0 aliphatic carbocycles. The number of carbonyl (C=O) groups excluding carboxylic acids is 3. The number of hydrogen-bond acceptors (Lipinski definition) is 6. The van der Waals surface area contributed by atoms with Gasteiger partial charge in [0.1, 0.15) is 13.2 Å². The van der Waals surface area contributed by atoms with E-state index in [1.807, 2.05) is 0 Å². The third kappa shape index (κ3) is 60.5. The van der Waals surface area contributed by atoms with Crippen molar-refractivity contribution in [2.45, 2.75) is 367 Å². The van der Waals surface area contributed by atoms with E-state index in [0.29, 0.717) is 19.3 Å². The summed E-state index contributed by atoms with van der Waals surface area (Å²) in [5, 5.41) is 0. The average molecular weight is 1040 g/mol. The molecule has 0 aliphatic rings. The summed E-state index contributed by atoms with van der Waals surface area (Å²) in [5.41, 5.74) is 0. The minimum Gasteiger partial charge on any atom is -0.462 e. The molecular weight excluding hydrogens is 913 g/mol. The van der Waals surface area contributed by atoms with Gasteiger partial charge in [-0.15, -0.1) is 0 Å². The first kappa shape index (κ1) is 71.6. The van der Waals surface area contributed by atoms with Gasteiger partial charge in [0.05, 0.1) is 0 Å². The number of unbranched alkanes of at least 4 members (excludes halogenated alkanes) is 44. The maximum absolute atomic E-state index is 12.9. The van der Waals surface area contributed by atoms with E-state index in [1.54, 1.807) is 0 Å². The zero-order valence-corrected chi connectivity index (χ0v) is 49.9. The summed E-state index contributed by atoms with van der Waals surface area (Å²) in [6.45, 7) is 6.66. The summed E-state index contributed by atoms with van der Waals surface area (Å²) in [7, 11) is 0. The molecule has 0 bridgehead atoms. The fourth-order valence-corrected chi connectivity index (χ4v) is 9.88. The number of ether oxygens (including phenoxy) is 3. The fourth-order valence-electron chi connectivity index (χ4n) is 9.88. The van der Waals surface area contributed by atoms with Gasteiger partial charge in [-0.3, -0.25) is 14.4 Å². The van der Waals surface area contributed by atoms with Crippen molar-refractivity contribution < 1.29 is 28.6 Å². The van der Waals surface area contributed by atoms with Crippen LogP contribution < -0.4 is 0 Å². The van der Waals surface area contributed by atoms with Crippen molar-refractivity contribution in [2.24, 2.45) is 0 Å². The van der Waals surface area contributed by atoms with Gasteiger partial charge in [-0.25, -0.2) is 0 Å². The molecule has 0 saturated carbocycles. The van der Waals surface area contributed by atoms with E-state index in [2.05, 4.69) is 57.2 Å². The topological polar surface area (TPSA) is 78.9 Å². The van der Waals surface area contributed by atoms with Crippen molar-refractivity contribution in [3.63, 3.8) is 0 Å². The second-order valence-electron chi connectivity index (χ2n) is 22.4. The van der Waals surface area contributed by atoms with Gasteiger partial charge in [0.2, 0.25) is 0 Å². The Morgan fingerprint density at radius 3 is 0.784 bits per heavy atom. The molecule has 74 heavy (non-hydrogen) atoms. The zero-order valence-electron chi connectivity index (χ0n) is 49.9. The van der Waals surface area contributed by atoms with Gasteiger partial charge in [0, 0.05) is 19.3 Å². The lowest BCUT2D eigenvalue weighted by Gasteiger charge is -2.18. The van der Waals surface area contributed by atoms with Gasteiger partial charge < -0.3 is 14.2 Å². The molecule has 0 rings (SSSR count). The molecule has 1 unspecified atom stereocenters. The van der Waals surface area contributed by atoms with E-state index in [4.69, 9.17) is 14.2 Å². The Labute approximate surface area is 461 Å².